The van der Waals surface area contributed by atoms with Crippen LogP contribution in [-0.4, -0.2) is 42.1 Å². The highest BCUT2D eigenvalue weighted by Crippen LogP contribution is 2.25. The van der Waals surface area contributed by atoms with Crippen LogP contribution in [0, 0.1) is 6.92 Å². The molecule has 1 saturated heterocycles. The molecule has 0 spiro atoms. The first-order valence-corrected chi connectivity index (χ1v) is 9.04. The number of nitrogens with zero attached hydrogens (tertiary/aromatic N) is 2. The van der Waals surface area contributed by atoms with E-state index in [1.54, 1.807) is 13.3 Å². The molecule has 1 atom stereocenters. The summed E-state index contributed by atoms with van der Waals surface area (Å²) in [6, 6.07) is 9.60. The predicted molar refractivity (Wildman–Crippen MR) is 99.0 cm³/mol. The van der Waals surface area contributed by atoms with Crippen LogP contribution < -0.4 is 9.47 Å². The molecule has 1 amide bonds. The second-order valence-corrected chi connectivity index (χ2v) is 6.99. The van der Waals surface area contributed by atoms with Crippen LogP contribution in [0.3, 0.4) is 0 Å². The van der Waals surface area contributed by atoms with Crippen LogP contribution in [-0.2, 0) is 11.2 Å². The van der Waals surface area contributed by atoms with Crippen molar-refractivity contribution in [2.75, 3.05) is 20.2 Å². The summed E-state index contributed by atoms with van der Waals surface area (Å²) in [6.45, 7) is 3.29. The fourth-order valence-electron chi connectivity index (χ4n) is 3.00. The van der Waals surface area contributed by atoms with Gasteiger partial charge < -0.3 is 14.4 Å². The Kier molecular flexibility index (Phi) is 5.58. The molecule has 0 aliphatic carbocycles. The largest absolute Gasteiger partial charge is 0.496 e. The Balaban J connectivity index is 1.57. The van der Waals surface area contributed by atoms with Gasteiger partial charge in [0.25, 0.3) is 0 Å². The minimum absolute atomic E-state index is 0.0206. The number of benzene rings is 1. The third kappa shape index (κ3) is 4.31. The van der Waals surface area contributed by atoms with Crippen LogP contribution in [0.25, 0.3) is 0 Å². The van der Waals surface area contributed by atoms with Gasteiger partial charge in [-0.15, -0.1) is 0 Å². The number of carbonyl (C=O) groups is 1. The lowest BCUT2D eigenvalue weighted by Crippen LogP contribution is -2.32. The van der Waals surface area contributed by atoms with Gasteiger partial charge in [-0.05, 0) is 52.2 Å². The zero-order chi connectivity index (χ0) is 17.8. The van der Waals surface area contributed by atoms with E-state index in [1.165, 1.54) is 0 Å². The molecule has 0 bridgehead atoms. The Labute approximate surface area is 156 Å². The topological polar surface area (TPSA) is 51.7 Å². The van der Waals surface area contributed by atoms with E-state index in [4.69, 9.17) is 9.47 Å². The van der Waals surface area contributed by atoms with E-state index in [9.17, 15) is 4.79 Å². The Morgan fingerprint density at radius 1 is 1.40 bits per heavy atom. The van der Waals surface area contributed by atoms with Gasteiger partial charge in [0.05, 0.1) is 24.5 Å². The highest BCUT2D eigenvalue weighted by Gasteiger charge is 2.28. The smallest absolute Gasteiger partial charge is 0.228 e. The van der Waals surface area contributed by atoms with E-state index in [2.05, 4.69) is 20.9 Å². The lowest BCUT2D eigenvalue weighted by atomic mass is 10.1. The highest BCUT2D eigenvalue weighted by atomic mass is 79.9. The van der Waals surface area contributed by atoms with Crippen LogP contribution in [0.2, 0.25) is 0 Å². The molecular formula is C19H21BrN2O3. The number of ether oxygens (including phenoxy) is 2. The van der Waals surface area contributed by atoms with Gasteiger partial charge in [0.2, 0.25) is 11.8 Å². The monoisotopic (exact) mass is 404 g/mol. The number of hydrogen-bond acceptors (Lipinski definition) is 4. The number of amides is 1. The number of likely N-dealkylation sites (tertiary alicyclic amines) is 1. The summed E-state index contributed by atoms with van der Waals surface area (Å²) in [5.74, 6) is 1.54. The standard InChI is InChI=1S/C19H21BrN2O3/c1-13-10-14(5-6-17(13)24-2)11-18(23)22-9-7-15(12-22)25-19-16(20)4-3-8-21-19/h3-6,8,10,15H,7,9,11-12H2,1-2H3. The summed E-state index contributed by atoms with van der Waals surface area (Å²) in [4.78, 5) is 18.6. The molecule has 1 fully saturated rings. The van der Waals surface area contributed by atoms with Crippen molar-refractivity contribution in [1.82, 2.24) is 9.88 Å². The first kappa shape index (κ1) is 17.7. The number of aryl methyl sites for hydroxylation is 1. The molecule has 1 aliphatic heterocycles. The summed E-state index contributed by atoms with van der Waals surface area (Å²) < 4.78 is 12.0. The van der Waals surface area contributed by atoms with Crippen LogP contribution in [0.4, 0.5) is 0 Å². The molecular weight excluding hydrogens is 384 g/mol. The maximum absolute atomic E-state index is 12.6. The van der Waals surface area contributed by atoms with Crippen molar-refractivity contribution >= 4 is 21.8 Å². The van der Waals surface area contributed by atoms with Crippen LogP contribution in [0.15, 0.2) is 41.0 Å². The average Bonchev–Trinajstić information content (AvgIpc) is 3.06. The van der Waals surface area contributed by atoms with Gasteiger partial charge in [-0.2, -0.15) is 0 Å². The third-order valence-electron chi connectivity index (χ3n) is 4.32. The first-order valence-electron chi connectivity index (χ1n) is 8.25. The minimum Gasteiger partial charge on any atom is -0.496 e. The van der Waals surface area contributed by atoms with Gasteiger partial charge in [0, 0.05) is 19.2 Å². The van der Waals surface area contributed by atoms with Crippen molar-refractivity contribution in [3.8, 4) is 11.6 Å². The van der Waals surface area contributed by atoms with Crippen LogP contribution in [0.1, 0.15) is 17.5 Å². The third-order valence-corrected chi connectivity index (χ3v) is 4.92. The maximum atomic E-state index is 12.6. The highest BCUT2D eigenvalue weighted by molar-refractivity contribution is 9.10. The summed E-state index contributed by atoms with van der Waals surface area (Å²) in [7, 11) is 1.65. The number of methoxy groups -OCH3 is 1. The van der Waals surface area contributed by atoms with Gasteiger partial charge >= 0.3 is 0 Å². The van der Waals surface area contributed by atoms with E-state index in [0.717, 1.165) is 27.8 Å². The number of rotatable bonds is 5. The normalized spacial score (nSPS) is 16.8. The molecule has 132 valence electrons. The lowest BCUT2D eigenvalue weighted by Gasteiger charge is -2.17. The molecule has 1 aliphatic rings. The number of hydrogen-bond donors (Lipinski definition) is 0. The first-order chi connectivity index (χ1) is 12.1. The predicted octanol–water partition coefficient (Wildman–Crippen LogP) is 3.38. The quantitative estimate of drug-likeness (QED) is 0.766. The van der Waals surface area contributed by atoms with Crippen molar-refractivity contribution < 1.29 is 14.3 Å². The summed E-state index contributed by atoms with van der Waals surface area (Å²) in [5, 5.41) is 0. The molecule has 2 aromatic rings. The molecule has 6 heteroatoms. The fourth-order valence-corrected chi connectivity index (χ4v) is 3.35. The van der Waals surface area contributed by atoms with Crippen molar-refractivity contribution in [2.45, 2.75) is 25.9 Å². The number of pyridine rings is 1. The molecule has 0 N–H and O–H groups in total. The van der Waals surface area contributed by atoms with Crippen LogP contribution >= 0.6 is 15.9 Å². The van der Waals surface area contributed by atoms with Crippen molar-refractivity contribution in [3.63, 3.8) is 0 Å². The zero-order valence-electron chi connectivity index (χ0n) is 14.4. The van der Waals surface area contributed by atoms with Crippen molar-refractivity contribution in [1.29, 1.82) is 0 Å². The second-order valence-electron chi connectivity index (χ2n) is 6.14. The average molecular weight is 405 g/mol. The molecule has 1 unspecified atom stereocenters. The Hall–Kier alpha value is -2.08. The summed E-state index contributed by atoms with van der Waals surface area (Å²) in [5.41, 5.74) is 2.04. The summed E-state index contributed by atoms with van der Waals surface area (Å²) >= 11 is 3.43. The molecule has 2 heterocycles. The molecule has 25 heavy (non-hydrogen) atoms. The van der Waals surface area contributed by atoms with E-state index >= 15 is 0 Å². The van der Waals surface area contributed by atoms with E-state index < -0.39 is 0 Å². The van der Waals surface area contributed by atoms with Crippen molar-refractivity contribution in [3.05, 3.63) is 52.1 Å². The number of carbonyl (C=O) groups excluding carboxylic acids is 1. The SMILES string of the molecule is COc1ccc(CC(=O)N2CCC(Oc3ncccc3Br)C2)cc1C. The van der Waals surface area contributed by atoms with Gasteiger partial charge in [-0.25, -0.2) is 4.98 Å². The second kappa shape index (κ2) is 7.87. The molecule has 0 saturated carbocycles. The number of halogens is 1. The summed E-state index contributed by atoms with van der Waals surface area (Å²) in [6.07, 6.45) is 2.89. The molecule has 0 radical (unpaired) electrons. The van der Waals surface area contributed by atoms with Crippen LogP contribution in [0.5, 0.6) is 11.6 Å². The Morgan fingerprint density at radius 3 is 2.96 bits per heavy atom. The maximum Gasteiger partial charge on any atom is 0.228 e. The Morgan fingerprint density at radius 2 is 2.24 bits per heavy atom. The zero-order valence-corrected chi connectivity index (χ0v) is 16.0. The van der Waals surface area contributed by atoms with Gasteiger partial charge in [0.15, 0.2) is 0 Å². The molecule has 5 nitrogen and oxygen atoms in total. The van der Waals surface area contributed by atoms with Gasteiger partial charge in [0.1, 0.15) is 11.9 Å². The lowest BCUT2D eigenvalue weighted by molar-refractivity contribution is -0.129. The fraction of sp³-hybridized carbons (Fsp3) is 0.368. The van der Waals surface area contributed by atoms with E-state index in [-0.39, 0.29) is 12.0 Å². The van der Waals surface area contributed by atoms with Crippen molar-refractivity contribution in [2.24, 2.45) is 0 Å². The van der Waals surface area contributed by atoms with Gasteiger partial charge in [-0.1, -0.05) is 12.1 Å². The van der Waals surface area contributed by atoms with E-state index in [0.29, 0.717) is 25.4 Å². The molecule has 3 rings (SSSR count). The van der Waals surface area contributed by atoms with E-state index in [1.807, 2.05) is 42.2 Å². The number of aromatic nitrogens is 1. The Bertz CT molecular complexity index is 766. The minimum atomic E-state index is -0.0206. The molecule has 1 aromatic carbocycles. The van der Waals surface area contributed by atoms with Gasteiger partial charge in [-0.3, -0.25) is 4.79 Å². The molecule has 1 aromatic heterocycles.